The average molecular weight is 364 g/mol. The van der Waals surface area contributed by atoms with E-state index in [4.69, 9.17) is 4.74 Å². The number of aromatic hydroxyl groups is 1. The van der Waals surface area contributed by atoms with E-state index < -0.39 is 0 Å². The van der Waals surface area contributed by atoms with E-state index >= 15 is 0 Å². The van der Waals surface area contributed by atoms with Crippen LogP contribution in [0.4, 0.5) is 4.79 Å². The Labute approximate surface area is 138 Å². The van der Waals surface area contributed by atoms with Crippen molar-refractivity contribution in [2.45, 2.75) is 13.0 Å². The van der Waals surface area contributed by atoms with Gasteiger partial charge in [-0.3, -0.25) is 0 Å². The summed E-state index contributed by atoms with van der Waals surface area (Å²) in [6.45, 7) is 0.819. The molecule has 2 aromatic carbocycles. The summed E-state index contributed by atoms with van der Waals surface area (Å²) in [5.74, 6) is 0.208. The lowest BCUT2D eigenvalue weighted by Crippen LogP contribution is -2.29. The van der Waals surface area contributed by atoms with Gasteiger partial charge in [0.25, 0.3) is 0 Å². The van der Waals surface area contributed by atoms with E-state index in [1.807, 2.05) is 42.5 Å². The Bertz CT molecular complexity index is 631. The van der Waals surface area contributed by atoms with Crippen LogP contribution in [0.3, 0.4) is 0 Å². The van der Waals surface area contributed by atoms with Gasteiger partial charge in [-0.25, -0.2) is 4.79 Å². The summed E-state index contributed by atoms with van der Waals surface area (Å²) in [4.78, 5) is 13.5. The van der Waals surface area contributed by atoms with Crippen LogP contribution in [0.2, 0.25) is 0 Å². The second kappa shape index (κ2) is 7.84. The Hall–Kier alpha value is -2.01. The van der Waals surface area contributed by atoms with Gasteiger partial charge in [0.15, 0.2) is 0 Å². The number of benzene rings is 2. The Balaban J connectivity index is 1.79. The van der Waals surface area contributed by atoms with E-state index in [0.717, 1.165) is 11.1 Å². The Morgan fingerprint density at radius 2 is 1.91 bits per heavy atom. The van der Waals surface area contributed by atoms with Gasteiger partial charge < -0.3 is 14.7 Å². The number of rotatable bonds is 5. The molecule has 0 aliphatic carbocycles. The van der Waals surface area contributed by atoms with Crippen LogP contribution in [0.15, 0.2) is 53.0 Å². The summed E-state index contributed by atoms with van der Waals surface area (Å²) in [6, 6.07) is 14.9. The Morgan fingerprint density at radius 1 is 1.18 bits per heavy atom. The molecule has 0 saturated heterocycles. The predicted molar refractivity (Wildman–Crippen MR) is 88.8 cm³/mol. The normalized spacial score (nSPS) is 10.3. The molecule has 1 N–H and O–H groups in total. The SMILES string of the molecule is CN(CCc1ccc(O)c(Br)c1)C(=O)OCc1ccccc1. The van der Waals surface area contributed by atoms with Crippen molar-refractivity contribution in [1.82, 2.24) is 4.90 Å². The van der Waals surface area contributed by atoms with Crippen molar-refractivity contribution < 1.29 is 14.6 Å². The zero-order valence-electron chi connectivity index (χ0n) is 12.3. The molecule has 4 nitrogen and oxygen atoms in total. The quantitative estimate of drug-likeness (QED) is 0.874. The van der Waals surface area contributed by atoms with Crippen LogP contribution in [0.1, 0.15) is 11.1 Å². The average Bonchev–Trinajstić information content (AvgIpc) is 2.54. The molecule has 0 saturated carbocycles. The fourth-order valence-corrected chi connectivity index (χ4v) is 2.35. The van der Waals surface area contributed by atoms with Crippen molar-refractivity contribution in [1.29, 1.82) is 0 Å². The van der Waals surface area contributed by atoms with E-state index in [-0.39, 0.29) is 18.4 Å². The van der Waals surface area contributed by atoms with Crippen LogP contribution in [-0.4, -0.2) is 29.7 Å². The highest BCUT2D eigenvalue weighted by Gasteiger charge is 2.10. The molecule has 0 spiro atoms. The van der Waals surface area contributed by atoms with E-state index in [1.54, 1.807) is 18.0 Å². The van der Waals surface area contributed by atoms with Crippen molar-refractivity contribution in [3.8, 4) is 5.75 Å². The molecule has 0 radical (unpaired) electrons. The lowest BCUT2D eigenvalue weighted by atomic mass is 10.1. The van der Waals surface area contributed by atoms with Crippen LogP contribution in [0, 0.1) is 0 Å². The summed E-state index contributed by atoms with van der Waals surface area (Å²) in [7, 11) is 1.71. The number of ether oxygens (including phenoxy) is 1. The lowest BCUT2D eigenvalue weighted by Gasteiger charge is -2.17. The standard InChI is InChI=1S/C17H18BrNO3/c1-19(10-9-13-7-8-16(20)15(18)11-13)17(21)22-12-14-5-3-2-4-6-14/h2-8,11,20H,9-10,12H2,1H3. The summed E-state index contributed by atoms with van der Waals surface area (Å²) in [6.07, 6.45) is 0.345. The molecule has 0 fully saturated rings. The van der Waals surface area contributed by atoms with Crippen molar-refractivity contribution in [2.24, 2.45) is 0 Å². The molecule has 116 valence electrons. The molecule has 0 aliphatic heterocycles. The summed E-state index contributed by atoms with van der Waals surface area (Å²) in [5, 5.41) is 9.46. The number of nitrogens with zero attached hydrogens (tertiary/aromatic N) is 1. The molecule has 5 heteroatoms. The van der Waals surface area contributed by atoms with E-state index in [0.29, 0.717) is 17.4 Å². The van der Waals surface area contributed by atoms with Crippen molar-refractivity contribution in [2.75, 3.05) is 13.6 Å². The fourth-order valence-electron chi connectivity index (χ4n) is 1.92. The van der Waals surface area contributed by atoms with Gasteiger partial charge in [0.2, 0.25) is 0 Å². The fraction of sp³-hybridized carbons (Fsp3) is 0.235. The van der Waals surface area contributed by atoms with Gasteiger partial charge in [-0.1, -0.05) is 36.4 Å². The lowest BCUT2D eigenvalue weighted by molar-refractivity contribution is 0.105. The number of likely N-dealkylation sites (N-methyl/N-ethyl adjacent to an activating group) is 1. The second-order valence-electron chi connectivity index (χ2n) is 5.00. The number of carbonyl (C=O) groups excluding carboxylic acids is 1. The molecule has 22 heavy (non-hydrogen) atoms. The number of amides is 1. The largest absolute Gasteiger partial charge is 0.507 e. The third-order valence-electron chi connectivity index (χ3n) is 3.26. The molecule has 0 bridgehead atoms. The molecule has 0 aromatic heterocycles. The van der Waals surface area contributed by atoms with Gasteiger partial charge in [-0.05, 0) is 45.6 Å². The van der Waals surface area contributed by atoms with Crippen LogP contribution < -0.4 is 0 Å². The van der Waals surface area contributed by atoms with Gasteiger partial charge in [0.1, 0.15) is 12.4 Å². The number of phenols is 1. The smallest absolute Gasteiger partial charge is 0.409 e. The van der Waals surface area contributed by atoms with Crippen molar-refractivity contribution in [3.63, 3.8) is 0 Å². The molecule has 0 aliphatic rings. The minimum absolute atomic E-state index is 0.208. The van der Waals surface area contributed by atoms with Gasteiger partial charge in [-0.15, -0.1) is 0 Å². The molecular formula is C17H18BrNO3. The maximum atomic E-state index is 11.9. The van der Waals surface area contributed by atoms with Gasteiger partial charge in [0, 0.05) is 13.6 Å². The molecule has 2 aromatic rings. The maximum absolute atomic E-state index is 11.9. The number of hydrogen-bond acceptors (Lipinski definition) is 3. The van der Waals surface area contributed by atoms with Crippen LogP contribution >= 0.6 is 15.9 Å². The molecule has 2 rings (SSSR count). The molecular weight excluding hydrogens is 346 g/mol. The van der Waals surface area contributed by atoms with Crippen LogP contribution in [0.5, 0.6) is 5.75 Å². The Kier molecular flexibility index (Phi) is 5.83. The first kappa shape index (κ1) is 16.4. The first-order valence-corrected chi connectivity index (χ1v) is 7.75. The maximum Gasteiger partial charge on any atom is 0.409 e. The minimum Gasteiger partial charge on any atom is -0.507 e. The third-order valence-corrected chi connectivity index (χ3v) is 3.90. The summed E-state index contributed by atoms with van der Waals surface area (Å²) >= 11 is 3.28. The highest BCUT2D eigenvalue weighted by molar-refractivity contribution is 9.10. The van der Waals surface area contributed by atoms with Crippen molar-refractivity contribution in [3.05, 3.63) is 64.1 Å². The summed E-state index contributed by atoms with van der Waals surface area (Å²) in [5.41, 5.74) is 2.00. The van der Waals surface area contributed by atoms with E-state index in [9.17, 15) is 9.90 Å². The van der Waals surface area contributed by atoms with Crippen molar-refractivity contribution >= 4 is 22.0 Å². The molecule has 0 atom stereocenters. The zero-order valence-corrected chi connectivity index (χ0v) is 13.9. The summed E-state index contributed by atoms with van der Waals surface area (Å²) < 4.78 is 5.91. The Morgan fingerprint density at radius 3 is 2.59 bits per heavy atom. The highest BCUT2D eigenvalue weighted by Crippen LogP contribution is 2.24. The first-order chi connectivity index (χ1) is 10.6. The molecule has 1 amide bonds. The number of carbonyl (C=O) groups is 1. The van der Waals surface area contributed by atoms with Crippen LogP contribution in [0.25, 0.3) is 0 Å². The number of hydrogen-bond donors (Lipinski definition) is 1. The van der Waals surface area contributed by atoms with E-state index in [2.05, 4.69) is 15.9 Å². The molecule has 0 heterocycles. The van der Waals surface area contributed by atoms with Gasteiger partial charge in [0.05, 0.1) is 4.47 Å². The minimum atomic E-state index is -0.346. The monoisotopic (exact) mass is 363 g/mol. The third kappa shape index (κ3) is 4.77. The second-order valence-corrected chi connectivity index (χ2v) is 5.85. The topological polar surface area (TPSA) is 49.8 Å². The van der Waals surface area contributed by atoms with Crippen LogP contribution in [-0.2, 0) is 17.8 Å². The predicted octanol–water partition coefficient (Wildman–Crippen LogP) is 3.97. The highest BCUT2D eigenvalue weighted by atomic mass is 79.9. The van der Waals surface area contributed by atoms with E-state index in [1.165, 1.54) is 0 Å². The zero-order chi connectivity index (χ0) is 15.9. The number of phenolic OH excluding ortho intramolecular Hbond substituents is 1. The molecule has 0 unspecified atom stereocenters. The first-order valence-electron chi connectivity index (χ1n) is 6.95. The van der Waals surface area contributed by atoms with Gasteiger partial charge >= 0.3 is 6.09 Å². The number of halogens is 1. The van der Waals surface area contributed by atoms with Gasteiger partial charge in [-0.2, -0.15) is 0 Å².